The molecule has 2 nitrogen and oxygen atoms in total. The second kappa shape index (κ2) is 3.29. The number of benzene rings is 2. The molecule has 90 valence electrons. The molecule has 2 aliphatic heterocycles. The highest BCUT2D eigenvalue weighted by atomic mass is 16.7. The van der Waals surface area contributed by atoms with Crippen molar-refractivity contribution < 1.29 is 9.47 Å². The lowest BCUT2D eigenvalue weighted by Crippen LogP contribution is -2.19. The Morgan fingerprint density at radius 1 is 0.778 bits per heavy atom. The lowest BCUT2D eigenvalue weighted by Gasteiger charge is -2.08. The Morgan fingerprint density at radius 2 is 1.50 bits per heavy atom. The molecule has 0 radical (unpaired) electrons. The van der Waals surface area contributed by atoms with Crippen LogP contribution in [-0.4, -0.2) is 6.29 Å². The van der Waals surface area contributed by atoms with E-state index in [4.69, 9.17) is 9.47 Å². The SMILES string of the molecule is Cc1ccc2c(c1)OC1Oc3ccc(C)cc3C21. The molecule has 0 aromatic heterocycles. The molecular formula is C16H14O2. The Kier molecular flexibility index (Phi) is 1.83. The summed E-state index contributed by atoms with van der Waals surface area (Å²) in [5.41, 5.74) is 4.98. The molecule has 0 N–H and O–H groups in total. The van der Waals surface area contributed by atoms with Gasteiger partial charge in [-0.3, -0.25) is 0 Å². The van der Waals surface area contributed by atoms with Gasteiger partial charge in [-0.25, -0.2) is 0 Å². The van der Waals surface area contributed by atoms with Crippen molar-refractivity contribution in [2.45, 2.75) is 26.1 Å². The molecule has 0 bridgehead atoms. The van der Waals surface area contributed by atoms with E-state index in [0.29, 0.717) is 0 Å². The molecule has 2 unspecified atom stereocenters. The van der Waals surface area contributed by atoms with E-state index in [1.54, 1.807) is 0 Å². The highest BCUT2D eigenvalue weighted by Gasteiger charge is 2.43. The molecule has 2 heteroatoms. The topological polar surface area (TPSA) is 18.5 Å². The first-order valence-electron chi connectivity index (χ1n) is 6.27. The van der Waals surface area contributed by atoms with Crippen LogP contribution in [0.4, 0.5) is 0 Å². The van der Waals surface area contributed by atoms with Crippen LogP contribution in [-0.2, 0) is 0 Å². The monoisotopic (exact) mass is 238 g/mol. The zero-order valence-electron chi connectivity index (χ0n) is 10.4. The van der Waals surface area contributed by atoms with E-state index in [9.17, 15) is 0 Å². The zero-order valence-corrected chi connectivity index (χ0v) is 10.4. The van der Waals surface area contributed by atoms with E-state index in [0.717, 1.165) is 11.5 Å². The molecule has 0 fully saturated rings. The van der Waals surface area contributed by atoms with Crippen LogP contribution < -0.4 is 9.47 Å². The third kappa shape index (κ3) is 1.23. The first-order valence-corrected chi connectivity index (χ1v) is 6.27. The maximum absolute atomic E-state index is 5.91. The fourth-order valence-corrected chi connectivity index (χ4v) is 2.89. The number of aryl methyl sites for hydroxylation is 2. The summed E-state index contributed by atoms with van der Waals surface area (Å²) in [6, 6.07) is 12.7. The highest BCUT2D eigenvalue weighted by molar-refractivity contribution is 5.55. The maximum Gasteiger partial charge on any atom is 0.252 e. The van der Waals surface area contributed by atoms with E-state index in [1.807, 2.05) is 6.07 Å². The van der Waals surface area contributed by atoms with Crippen molar-refractivity contribution >= 4 is 0 Å². The molecule has 2 aromatic rings. The molecule has 2 aromatic carbocycles. The Balaban J connectivity index is 1.90. The minimum absolute atomic E-state index is 0.182. The molecule has 0 amide bonds. The molecule has 2 aliphatic rings. The predicted molar refractivity (Wildman–Crippen MR) is 69.2 cm³/mol. The quantitative estimate of drug-likeness (QED) is 0.698. The zero-order chi connectivity index (χ0) is 12.3. The summed E-state index contributed by atoms with van der Waals surface area (Å²) >= 11 is 0. The lowest BCUT2D eigenvalue weighted by atomic mass is 9.92. The number of hydrogen-bond donors (Lipinski definition) is 0. The van der Waals surface area contributed by atoms with Gasteiger partial charge in [-0.1, -0.05) is 29.8 Å². The van der Waals surface area contributed by atoms with E-state index in [1.165, 1.54) is 22.3 Å². The minimum Gasteiger partial charge on any atom is -0.454 e. The van der Waals surface area contributed by atoms with Gasteiger partial charge < -0.3 is 9.47 Å². The van der Waals surface area contributed by atoms with Crippen molar-refractivity contribution in [3.63, 3.8) is 0 Å². The van der Waals surface area contributed by atoms with Crippen molar-refractivity contribution in [1.29, 1.82) is 0 Å². The summed E-state index contributed by atoms with van der Waals surface area (Å²) in [7, 11) is 0. The fraction of sp³-hybridized carbons (Fsp3) is 0.250. The Bertz CT molecular complexity index is 646. The molecule has 2 heterocycles. The number of fused-ring (bicyclic) bond motifs is 5. The fourth-order valence-electron chi connectivity index (χ4n) is 2.89. The number of hydrogen-bond acceptors (Lipinski definition) is 2. The first-order chi connectivity index (χ1) is 8.72. The largest absolute Gasteiger partial charge is 0.454 e. The van der Waals surface area contributed by atoms with Crippen molar-refractivity contribution in [1.82, 2.24) is 0 Å². The van der Waals surface area contributed by atoms with E-state index >= 15 is 0 Å². The van der Waals surface area contributed by atoms with Gasteiger partial charge in [0.25, 0.3) is 6.29 Å². The van der Waals surface area contributed by atoms with Crippen molar-refractivity contribution in [2.75, 3.05) is 0 Å². The van der Waals surface area contributed by atoms with Crippen LogP contribution in [0.5, 0.6) is 11.5 Å². The second-order valence-corrected chi connectivity index (χ2v) is 5.16. The van der Waals surface area contributed by atoms with E-state index in [-0.39, 0.29) is 12.2 Å². The van der Waals surface area contributed by atoms with Gasteiger partial charge in [-0.15, -0.1) is 0 Å². The van der Waals surface area contributed by atoms with Crippen LogP contribution in [0, 0.1) is 13.8 Å². The van der Waals surface area contributed by atoms with Crippen LogP contribution in [0.2, 0.25) is 0 Å². The summed E-state index contributed by atoms with van der Waals surface area (Å²) in [6.07, 6.45) is -0.182. The normalized spacial score (nSPS) is 22.8. The summed E-state index contributed by atoms with van der Waals surface area (Å²) in [4.78, 5) is 0. The third-order valence-corrected chi connectivity index (χ3v) is 3.76. The van der Waals surface area contributed by atoms with Crippen molar-refractivity contribution in [2.24, 2.45) is 0 Å². The Labute approximate surface area is 106 Å². The van der Waals surface area contributed by atoms with Gasteiger partial charge >= 0.3 is 0 Å². The van der Waals surface area contributed by atoms with Gasteiger partial charge in [0, 0.05) is 11.1 Å². The Hall–Kier alpha value is -1.96. The molecule has 0 aliphatic carbocycles. The van der Waals surface area contributed by atoms with Gasteiger partial charge in [-0.2, -0.15) is 0 Å². The van der Waals surface area contributed by atoms with Crippen molar-refractivity contribution in [3.8, 4) is 11.5 Å². The average molecular weight is 238 g/mol. The van der Waals surface area contributed by atoms with Gasteiger partial charge in [0.2, 0.25) is 0 Å². The van der Waals surface area contributed by atoms with Crippen molar-refractivity contribution in [3.05, 3.63) is 58.7 Å². The summed E-state index contributed by atoms with van der Waals surface area (Å²) in [5.74, 6) is 2.16. The predicted octanol–water partition coefficient (Wildman–Crippen LogP) is 3.55. The van der Waals surface area contributed by atoms with Gasteiger partial charge in [0.05, 0.1) is 5.92 Å². The lowest BCUT2D eigenvalue weighted by molar-refractivity contribution is 0.0329. The van der Waals surface area contributed by atoms with Crippen LogP contribution in [0.1, 0.15) is 28.2 Å². The molecule has 0 saturated heterocycles. The van der Waals surface area contributed by atoms with Crippen LogP contribution in [0.3, 0.4) is 0 Å². The standard InChI is InChI=1S/C16H14O2/c1-9-4-6-13-12(7-9)15-11-5-3-10(2)8-14(11)18-16(15)17-13/h3-8,15-16H,1-2H3. The van der Waals surface area contributed by atoms with Crippen LogP contribution in [0.25, 0.3) is 0 Å². The maximum atomic E-state index is 5.91. The molecule has 2 atom stereocenters. The van der Waals surface area contributed by atoms with Crippen LogP contribution in [0.15, 0.2) is 36.4 Å². The first kappa shape index (κ1) is 10.0. The summed E-state index contributed by atoms with van der Waals surface area (Å²) in [6.45, 7) is 4.19. The smallest absolute Gasteiger partial charge is 0.252 e. The molecule has 0 saturated carbocycles. The average Bonchev–Trinajstić information content (AvgIpc) is 2.83. The molecular weight excluding hydrogens is 224 g/mol. The number of ether oxygens (including phenoxy) is 2. The summed E-state index contributed by atoms with van der Waals surface area (Å²) < 4.78 is 11.8. The molecule has 18 heavy (non-hydrogen) atoms. The second-order valence-electron chi connectivity index (χ2n) is 5.16. The van der Waals surface area contributed by atoms with Crippen LogP contribution >= 0.6 is 0 Å². The third-order valence-electron chi connectivity index (χ3n) is 3.76. The van der Waals surface area contributed by atoms with Gasteiger partial charge in [0.1, 0.15) is 11.5 Å². The Morgan fingerprint density at radius 3 is 2.39 bits per heavy atom. The van der Waals surface area contributed by atoms with E-state index in [2.05, 4.69) is 44.2 Å². The van der Waals surface area contributed by atoms with E-state index < -0.39 is 0 Å². The minimum atomic E-state index is -0.182. The summed E-state index contributed by atoms with van der Waals surface area (Å²) in [5, 5.41) is 0. The molecule has 4 rings (SSSR count). The van der Waals surface area contributed by atoms with Gasteiger partial charge in [-0.05, 0) is 31.5 Å². The van der Waals surface area contributed by atoms with Gasteiger partial charge in [0.15, 0.2) is 0 Å². The highest BCUT2D eigenvalue weighted by Crippen LogP contribution is 2.50. The number of rotatable bonds is 0. The molecule has 0 spiro atoms.